The van der Waals surface area contributed by atoms with Gasteiger partial charge in [-0.1, -0.05) is 164 Å². The van der Waals surface area contributed by atoms with Gasteiger partial charge in [-0.05, 0) is 70.1 Å². The van der Waals surface area contributed by atoms with Crippen LogP contribution in [0.3, 0.4) is 0 Å². The van der Waals surface area contributed by atoms with Crippen molar-refractivity contribution in [3.63, 3.8) is 0 Å². The monoisotopic (exact) mass is 789 g/mol. The van der Waals surface area contributed by atoms with E-state index in [2.05, 4.69) is 161 Å². The summed E-state index contributed by atoms with van der Waals surface area (Å²) in [5, 5.41) is 12.1. The zero-order valence-corrected chi connectivity index (χ0v) is 33.4. The molecule has 3 aromatic heterocycles. The SMILES string of the molecule is c1ccc(-c2nc(-c3ccccc3)nc(-c3ccc4cc(-n5c6ccccc6c6cc7cccc(-n8c9ccccc9c9ccc%10ccccc%10c98)c7cc65)ccc4c3)n2)cc1. The summed E-state index contributed by atoms with van der Waals surface area (Å²) in [4.78, 5) is 14.9. The maximum atomic E-state index is 5.00. The first-order valence-corrected chi connectivity index (χ1v) is 21.0. The highest BCUT2D eigenvalue weighted by Crippen LogP contribution is 2.41. The fourth-order valence-electron chi connectivity index (χ4n) is 9.63. The third kappa shape index (κ3) is 5.32. The normalized spacial score (nSPS) is 11.9. The van der Waals surface area contributed by atoms with Gasteiger partial charge in [0.25, 0.3) is 0 Å². The largest absolute Gasteiger partial charge is 0.309 e. The standard InChI is InChI=1S/C57H35N5/c1-3-15-37(16-4-1)55-58-56(38-17-5-2-6-18-38)60-57(59-55)42-27-26-40-33-43(30-28-39(40)32-42)61-50-23-11-10-22-46(50)49-34-41-19-13-25-52(48(41)35-53(49)61)62-51-24-12-9-21-45(51)47-31-29-36-14-7-8-20-44(36)54(47)62/h1-35H. The first-order chi connectivity index (χ1) is 30.7. The fraction of sp³-hybridized carbons (Fsp3) is 0. The van der Waals surface area contributed by atoms with Gasteiger partial charge in [0.15, 0.2) is 17.5 Å². The van der Waals surface area contributed by atoms with Gasteiger partial charge in [0.1, 0.15) is 0 Å². The van der Waals surface area contributed by atoms with Crippen LogP contribution in [0.5, 0.6) is 0 Å². The molecule has 0 spiro atoms. The molecule has 13 rings (SSSR count). The Labute approximate surface area is 356 Å². The number of benzene rings is 10. The zero-order valence-electron chi connectivity index (χ0n) is 33.4. The molecule has 0 atom stereocenters. The summed E-state index contributed by atoms with van der Waals surface area (Å²) in [6, 6.07) is 75.9. The van der Waals surface area contributed by atoms with Gasteiger partial charge < -0.3 is 9.13 Å². The number of rotatable bonds is 5. The summed E-state index contributed by atoms with van der Waals surface area (Å²) in [7, 11) is 0. The molecule has 13 aromatic rings. The van der Waals surface area contributed by atoms with Crippen molar-refractivity contribution < 1.29 is 0 Å². The minimum atomic E-state index is 0.644. The van der Waals surface area contributed by atoms with E-state index >= 15 is 0 Å². The Morgan fingerprint density at radius 2 is 0.839 bits per heavy atom. The number of hydrogen-bond donors (Lipinski definition) is 0. The number of aromatic nitrogens is 5. The van der Waals surface area contributed by atoms with Gasteiger partial charge in [0, 0.05) is 54.7 Å². The molecular formula is C57H35N5. The molecule has 288 valence electrons. The highest BCUT2D eigenvalue weighted by molar-refractivity contribution is 6.20. The molecule has 0 amide bonds. The van der Waals surface area contributed by atoms with Crippen LogP contribution in [0.15, 0.2) is 212 Å². The van der Waals surface area contributed by atoms with Crippen LogP contribution in [-0.4, -0.2) is 24.1 Å². The maximum absolute atomic E-state index is 5.00. The molecule has 5 nitrogen and oxygen atoms in total. The lowest BCUT2D eigenvalue weighted by atomic mass is 10.0. The van der Waals surface area contributed by atoms with E-state index in [1.54, 1.807) is 0 Å². The molecule has 0 saturated heterocycles. The molecule has 0 aliphatic heterocycles. The fourth-order valence-corrected chi connectivity index (χ4v) is 9.63. The van der Waals surface area contributed by atoms with Crippen LogP contribution in [0.2, 0.25) is 0 Å². The maximum Gasteiger partial charge on any atom is 0.164 e. The summed E-state index contributed by atoms with van der Waals surface area (Å²) in [6.07, 6.45) is 0. The summed E-state index contributed by atoms with van der Waals surface area (Å²) in [5.41, 5.74) is 9.89. The second-order valence-corrected chi connectivity index (χ2v) is 16.0. The van der Waals surface area contributed by atoms with E-state index in [0.29, 0.717) is 17.5 Å². The van der Waals surface area contributed by atoms with E-state index in [-0.39, 0.29) is 0 Å². The topological polar surface area (TPSA) is 48.5 Å². The van der Waals surface area contributed by atoms with Crippen molar-refractivity contribution in [3.8, 4) is 45.5 Å². The molecule has 62 heavy (non-hydrogen) atoms. The summed E-state index contributed by atoms with van der Waals surface area (Å²) in [5.74, 6) is 1.95. The molecule has 0 N–H and O–H groups in total. The van der Waals surface area contributed by atoms with Crippen molar-refractivity contribution in [2.75, 3.05) is 0 Å². The van der Waals surface area contributed by atoms with Gasteiger partial charge in [-0.25, -0.2) is 15.0 Å². The van der Waals surface area contributed by atoms with Gasteiger partial charge in [0.2, 0.25) is 0 Å². The second-order valence-electron chi connectivity index (χ2n) is 16.0. The molecule has 0 aliphatic rings. The Morgan fingerprint density at radius 1 is 0.274 bits per heavy atom. The van der Waals surface area contributed by atoms with Crippen LogP contribution in [0, 0.1) is 0 Å². The van der Waals surface area contributed by atoms with Crippen LogP contribution < -0.4 is 0 Å². The Morgan fingerprint density at radius 3 is 1.58 bits per heavy atom. The molecule has 3 heterocycles. The minimum Gasteiger partial charge on any atom is -0.309 e. The van der Waals surface area contributed by atoms with Gasteiger partial charge in [-0.15, -0.1) is 0 Å². The first-order valence-electron chi connectivity index (χ1n) is 21.0. The quantitative estimate of drug-likeness (QED) is 0.174. The predicted octanol–water partition coefficient (Wildman–Crippen LogP) is 14.5. The zero-order chi connectivity index (χ0) is 40.7. The molecule has 0 bridgehead atoms. The lowest BCUT2D eigenvalue weighted by Gasteiger charge is -2.14. The molecule has 0 aliphatic carbocycles. The number of fused-ring (bicyclic) bond motifs is 10. The molecule has 0 radical (unpaired) electrons. The molecule has 10 aromatic carbocycles. The highest BCUT2D eigenvalue weighted by atomic mass is 15.0. The smallest absolute Gasteiger partial charge is 0.164 e. The Hall–Kier alpha value is -8.41. The molecule has 0 fully saturated rings. The van der Waals surface area contributed by atoms with Gasteiger partial charge in [-0.2, -0.15) is 0 Å². The van der Waals surface area contributed by atoms with Crippen LogP contribution in [0.4, 0.5) is 0 Å². The average molecular weight is 790 g/mol. The molecule has 0 unspecified atom stereocenters. The number of para-hydroxylation sites is 2. The Kier molecular flexibility index (Phi) is 7.54. The second kappa shape index (κ2) is 13.6. The van der Waals surface area contributed by atoms with Crippen molar-refractivity contribution in [1.29, 1.82) is 0 Å². The Balaban J connectivity index is 0.994. The molecule has 0 saturated carbocycles. The lowest BCUT2D eigenvalue weighted by molar-refractivity contribution is 1.07. The van der Waals surface area contributed by atoms with Gasteiger partial charge in [-0.3, -0.25) is 0 Å². The molecular weight excluding hydrogens is 755 g/mol. The third-order valence-electron chi connectivity index (χ3n) is 12.5. The van der Waals surface area contributed by atoms with E-state index < -0.39 is 0 Å². The van der Waals surface area contributed by atoms with Crippen LogP contribution >= 0.6 is 0 Å². The highest BCUT2D eigenvalue weighted by Gasteiger charge is 2.20. The predicted molar refractivity (Wildman–Crippen MR) is 257 cm³/mol. The van der Waals surface area contributed by atoms with E-state index in [1.165, 1.54) is 70.8 Å². The average Bonchev–Trinajstić information content (AvgIpc) is 3.86. The van der Waals surface area contributed by atoms with E-state index in [1.807, 2.05) is 60.7 Å². The number of hydrogen-bond acceptors (Lipinski definition) is 3. The van der Waals surface area contributed by atoms with Crippen LogP contribution in [0.25, 0.3) is 121 Å². The van der Waals surface area contributed by atoms with Crippen molar-refractivity contribution in [2.45, 2.75) is 0 Å². The number of nitrogens with zero attached hydrogens (tertiary/aromatic N) is 5. The summed E-state index contributed by atoms with van der Waals surface area (Å²) >= 11 is 0. The molecule has 5 heteroatoms. The lowest BCUT2D eigenvalue weighted by Crippen LogP contribution is -2.00. The van der Waals surface area contributed by atoms with Crippen molar-refractivity contribution in [1.82, 2.24) is 24.1 Å². The van der Waals surface area contributed by atoms with Crippen LogP contribution in [0.1, 0.15) is 0 Å². The Bertz CT molecular complexity index is 3860. The third-order valence-corrected chi connectivity index (χ3v) is 12.5. The van der Waals surface area contributed by atoms with E-state index in [9.17, 15) is 0 Å². The first kappa shape index (κ1) is 34.5. The minimum absolute atomic E-state index is 0.644. The van der Waals surface area contributed by atoms with Crippen molar-refractivity contribution in [3.05, 3.63) is 212 Å². The summed E-state index contributed by atoms with van der Waals surface area (Å²) < 4.78 is 4.92. The van der Waals surface area contributed by atoms with Gasteiger partial charge >= 0.3 is 0 Å². The van der Waals surface area contributed by atoms with E-state index in [4.69, 9.17) is 15.0 Å². The van der Waals surface area contributed by atoms with Crippen molar-refractivity contribution in [2.24, 2.45) is 0 Å². The van der Waals surface area contributed by atoms with E-state index in [0.717, 1.165) is 33.2 Å². The van der Waals surface area contributed by atoms with Gasteiger partial charge in [0.05, 0.1) is 27.8 Å². The van der Waals surface area contributed by atoms with Crippen molar-refractivity contribution >= 4 is 75.9 Å². The van der Waals surface area contributed by atoms with Crippen LogP contribution in [-0.2, 0) is 0 Å². The summed E-state index contributed by atoms with van der Waals surface area (Å²) in [6.45, 7) is 0.